The maximum absolute atomic E-state index is 5.28. The van der Waals surface area contributed by atoms with Gasteiger partial charge in [-0.1, -0.05) is 30.3 Å². The van der Waals surface area contributed by atoms with Gasteiger partial charge >= 0.3 is 0 Å². The molecule has 0 radical (unpaired) electrons. The van der Waals surface area contributed by atoms with Crippen LogP contribution in [0.25, 0.3) is 0 Å². The highest BCUT2D eigenvalue weighted by atomic mass is 16.5. The Morgan fingerprint density at radius 3 is 2.87 bits per heavy atom. The van der Waals surface area contributed by atoms with Crippen molar-refractivity contribution < 1.29 is 4.52 Å². The van der Waals surface area contributed by atoms with Crippen molar-refractivity contribution >= 4 is 11.6 Å². The first-order chi connectivity index (χ1) is 11.1. The molecule has 2 heterocycles. The fourth-order valence-corrected chi connectivity index (χ4v) is 3.39. The van der Waals surface area contributed by atoms with Gasteiger partial charge < -0.3 is 14.7 Å². The number of aliphatic imine (C=N–C) groups is 1. The van der Waals surface area contributed by atoms with Crippen LogP contribution >= 0.6 is 0 Å². The fourth-order valence-electron chi connectivity index (χ4n) is 3.39. The third-order valence-electron chi connectivity index (χ3n) is 4.50. The van der Waals surface area contributed by atoms with E-state index in [1.54, 1.807) is 0 Å². The minimum atomic E-state index is 0.316. The first-order valence-electron chi connectivity index (χ1n) is 8.10. The van der Waals surface area contributed by atoms with Gasteiger partial charge in [0.1, 0.15) is 5.76 Å². The molecule has 1 aromatic heterocycles. The lowest BCUT2D eigenvalue weighted by atomic mass is 10.00. The zero-order chi connectivity index (χ0) is 16.4. The number of aromatic nitrogens is 1. The van der Waals surface area contributed by atoms with Crippen molar-refractivity contribution in [2.45, 2.75) is 33.1 Å². The molecular weight excluding hydrogens is 288 g/mol. The van der Waals surface area contributed by atoms with Crippen LogP contribution < -0.4 is 10.2 Å². The van der Waals surface area contributed by atoms with Crippen molar-refractivity contribution in [3.8, 4) is 0 Å². The molecule has 1 N–H and O–H groups in total. The lowest BCUT2D eigenvalue weighted by Crippen LogP contribution is -2.42. The molecule has 1 atom stereocenters. The van der Waals surface area contributed by atoms with Crippen LogP contribution in [0.4, 0.5) is 5.69 Å². The molecular formula is C18H24N4O. The summed E-state index contributed by atoms with van der Waals surface area (Å²) in [4.78, 5) is 6.72. The molecule has 2 aromatic rings. The standard InChI is InChI=1S/C18H24N4O/c1-12(17-13(2)21-23-14(17)3)11-20-18(19-4)22-10-9-15-7-5-6-8-16(15)22/h5-8,12H,9-11H2,1-4H3,(H,19,20). The van der Waals surface area contributed by atoms with Crippen molar-refractivity contribution in [2.75, 3.05) is 25.0 Å². The first kappa shape index (κ1) is 15.6. The van der Waals surface area contributed by atoms with E-state index in [0.717, 1.165) is 36.9 Å². The molecule has 0 bridgehead atoms. The normalized spacial score (nSPS) is 15.7. The van der Waals surface area contributed by atoms with E-state index in [2.05, 4.69) is 51.6 Å². The van der Waals surface area contributed by atoms with E-state index in [1.165, 1.54) is 16.8 Å². The number of rotatable bonds is 3. The molecule has 0 fully saturated rings. The monoisotopic (exact) mass is 312 g/mol. The third kappa shape index (κ3) is 2.96. The Bertz CT molecular complexity index is 700. The van der Waals surface area contributed by atoms with Crippen LogP contribution in [-0.2, 0) is 6.42 Å². The average molecular weight is 312 g/mol. The van der Waals surface area contributed by atoms with Crippen LogP contribution in [0.2, 0.25) is 0 Å². The number of fused-ring (bicyclic) bond motifs is 1. The molecule has 1 aliphatic heterocycles. The van der Waals surface area contributed by atoms with Gasteiger partial charge in [-0.05, 0) is 31.9 Å². The smallest absolute Gasteiger partial charge is 0.198 e. The number of nitrogens with one attached hydrogen (secondary N) is 1. The van der Waals surface area contributed by atoms with Gasteiger partial charge in [-0.25, -0.2) is 0 Å². The maximum atomic E-state index is 5.28. The summed E-state index contributed by atoms with van der Waals surface area (Å²) in [6, 6.07) is 8.52. The van der Waals surface area contributed by atoms with Crippen molar-refractivity contribution in [3.63, 3.8) is 0 Å². The number of guanidine groups is 1. The number of benzene rings is 1. The highest BCUT2D eigenvalue weighted by Gasteiger charge is 2.23. The summed E-state index contributed by atoms with van der Waals surface area (Å²) >= 11 is 0. The summed E-state index contributed by atoms with van der Waals surface area (Å²) in [7, 11) is 1.84. The van der Waals surface area contributed by atoms with Crippen LogP contribution in [0, 0.1) is 13.8 Å². The molecule has 5 heteroatoms. The fraction of sp³-hybridized carbons (Fsp3) is 0.444. The minimum absolute atomic E-state index is 0.316. The summed E-state index contributed by atoms with van der Waals surface area (Å²) in [6.45, 7) is 7.92. The van der Waals surface area contributed by atoms with Crippen molar-refractivity contribution in [1.29, 1.82) is 0 Å². The Hall–Kier alpha value is -2.30. The van der Waals surface area contributed by atoms with E-state index in [1.807, 2.05) is 20.9 Å². The Kier molecular flexibility index (Phi) is 4.37. The molecule has 3 rings (SSSR count). The molecule has 0 saturated heterocycles. The number of hydrogen-bond donors (Lipinski definition) is 1. The summed E-state index contributed by atoms with van der Waals surface area (Å²) < 4.78 is 5.28. The summed E-state index contributed by atoms with van der Waals surface area (Å²) in [5, 5.41) is 7.55. The molecule has 1 unspecified atom stereocenters. The zero-order valence-corrected chi connectivity index (χ0v) is 14.3. The predicted octanol–water partition coefficient (Wildman–Crippen LogP) is 3.03. The van der Waals surface area contributed by atoms with Gasteiger partial charge in [0.15, 0.2) is 5.96 Å². The maximum Gasteiger partial charge on any atom is 0.198 e. The lowest BCUT2D eigenvalue weighted by Gasteiger charge is -2.24. The van der Waals surface area contributed by atoms with E-state index in [4.69, 9.17) is 4.52 Å². The molecule has 0 saturated carbocycles. The number of para-hydroxylation sites is 1. The van der Waals surface area contributed by atoms with Gasteiger partial charge in [-0.15, -0.1) is 0 Å². The van der Waals surface area contributed by atoms with Gasteiger partial charge in [-0.3, -0.25) is 4.99 Å². The number of hydrogen-bond acceptors (Lipinski definition) is 3. The van der Waals surface area contributed by atoms with Gasteiger partial charge in [-0.2, -0.15) is 0 Å². The van der Waals surface area contributed by atoms with Crippen molar-refractivity contribution in [2.24, 2.45) is 4.99 Å². The van der Waals surface area contributed by atoms with Gasteiger partial charge in [0.25, 0.3) is 0 Å². The minimum Gasteiger partial charge on any atom is -0.361 e. The summed E-state index contributed by atoms with van der Waals surface area (Å²) in [6.07, 6.45) is 1.07. The first-order valence-corrected chi connectivity index (χ1v) is 8.10. The van der Waals surface area contributed by atoms with Crippen molar-refractivity contribution in [3.05, 3.63) is 46.8 Å². The van der Waals surface area contributed by atoms with Crippen LogP contribution in [-0.4, -0.2) is 31.3 Å². The van der Waals surface area contributed by atoms with E-state index in [0.29, 0.717) is 5.92 Å². The van der Waals surface area contributed by atoms with Gasteiger partial charge in [0.05, 0.1) is 5.69 Å². The third-order valence-corrected chi connectivity index (χ3v) is 4.50. The van der Waals surface area contributed by atoms with E-state index < -0.39 is 0 Å². The Morgan fingerprint density at radius 1 is 1.39 bits per heavy atom. The number of nitrogens with zero attached hydrogens (tertiary/aromatic N) is 3. The second kappa shape index (κ2) is 6.44. The lowest BCUT2D eigenvalue weighted by molar-refractivity contribution is 0.391. The zero-order valence-electron chi connectivity index (χ0n) is 14.3. The Morgan fingerprint density at radius 2 is 2.17 bits per heavy atom. The average Bonchev–Trinajstić information content (AvgIpc) is 3.12. The van der Waals surface area contributed by atoms with Crippen LogP contribution in [0.1, 0.15) is 35.4 Å². The molecule has 0 spiro atoms. The largest absolute Gasteiger partial charge is 0.361 e. The topological polar surface area (TPSA) is 53.7 Å². The van der Waals surface area contributed by atoms with Crippen LogP contribution in [0.15, 0.2) is 33.8 Å². The highest BCUT2D eigenvalue weighted by Crippen LogP contribution is 2.27. The van der Waals surface area contributed by atoms with E-state index >= 15 is 0 Å². The SMILES string of the molecule is CN=C(NCC(C)c1c(C)noc1C)N1CCc2ccccc21. The highest BCUT2D eigenvalue weighted by molar-refractivity contribution is 5.97. The van der Waals surface area contributed by atoms with Gasteiger partial charge in [0, 0.05) is 37.3 Å². The van der Waals surface area contributed by atoms with Crippen LogP contribution in [0.5, 0.6) is 0 Å². The molecule has 0 aliphatic carbocycles. The quantitative estimate of drug-likeness (QED) is 0.699. The van der Waals surface area contributed by atoms with E-state index in [-0.39, 0.29) is 0 Å². The van der Waals surface area contributed by atoms with Crippen LogP contribution in [0.3, 0.4) is 0 Å². The molecule has 0 amide bonds. The molecule has 1 aromatic carbocycles. The molecule has 122 valence electrons. The Labute approximate surface area is 137 Å². The van der Waals surface area contributed by atoms with E-state index in [9.17, 15) is 0 Å². The number of aryl methyl sites for hydroxylation is 2. The molecule has 5 nitrogen and oxygen atoms in total. The molecule has 23 heavy (non-hydrogen) atoms. The Balaban J connectivity index is 1.70. The van der Waals surface area contributed by atoms with Crippen molar-refractivity contribution in [1.82, 2.24) is 10.5 Å². The summed E-state index contributed by atoms with van der Waals surface area (Å²) in [5.41, 5.74) is 4.80. The second-order valence-corrected chi connectivity index (χ2v) is 6.10. The predicted molar refractivity (Wildman–Crippen MR) is 93.2 cm³/mol. The number of anilines is 1. The summed E-state index contributed by atoms with van der Waals surface area (Å²) in [5.74, 6) is 2.14. The van der Waals surface area contributed by atoms with Gasteiger partial charge in [0.2, 0.25) is 0 Å². The molecule has 1 aliphatic rings. The second-order valence-electron chi connectivity index (χ2n) is 6.10.